The zero-order chi connectivity index (χ0) is 14.4. The first kappa shape index (κ1) is 15.1. The van der Waals surface area contributed by atoms with E-state index in [1.54, 1.807) is 0 Å². The Balaban J connectivity index is 1.92. The first-order valence-corrected chi connectivity index (χ1v) is 8.19. The van der Waals surface area contributed by atoms with Crippen LogP contribution in [0.15, 0.2) is 11.4 Å². The van der Waals surface area contributed by atoms with Crippen molar-refractivity contribution in [2.24, 2.45) is 11.7 Å². The molecular formula is C16H22N2OS. The molecular weight excluding hydrogens is 268 g/mol. The van der Waals surface area contributed by atoms with E-state index in [9.17, 15) is 4.79 Å². The van der Waals surface area contributed by atoms with Crippen LogP contribution in [0, 0.1) is 17.8 Å². The highest BCUT2D eigenvalue weighted by Gasteiger charge is 2.22. The van der Waals surface area contributed by atoms with E-state index in [2.05, 4.69) is 24.1 Å². The van der Waals surface area contributed by atoms with Crippen LogP contribution >= 0.6 is 11.3 Å². The topological polar surface area (TPSA) is 55.1 Å². The molecule has 0 aliphatic heterocycles. The Morgan fingerprint density at radius 1 is 1.55 bits per heavy atom. The van der Waals surface area contributed by atoms with Crippen molar-refractivity contribution in [1.29, 1.82) is 0 Å². The minimum atomic E-state index is 0.0313. The van der Waals surface area contributed by atoms with E-state index in [1.165, 1.54) is 30.6 Å². The molecule has 108 valence electrons. The Bertz CT molecular complexity index is 512. The average Bonchev–Trinajstić information content (AvgIpc) is 2.94. The van der Waals surface area contributed by atoms with Crippen molar-refractivity contribution in [1.82, 2.24) is 5.32 Å². The Labute approximate surface area is 124 Å². The highest BCUT2D eigenvalue weighted by molar-refractivity contribution is 7.10. The number of hydrogen-bond acceptors (Lipinski definition) is 3. The third-order valence-electron chi connectivity index (χ3n) is 3.87. The number of rotatable bonds is 3. The molecule has 0 radical (unpaired) electrons. The standard InChI is InChI=1S/C16H22N2OS/c1-2-12-5-3-6-14(9-12)18-16(19)13-10-15(20-11-13)7-4-8-17/h10-12,14H,2-3,5-6,8-9,17H2,1H3,(H,18,19). The van der Waals surface area contributed by atoms with Crippen molar-refractivity contribution in [3.05, 3.63) is 21.9 Å². The Morgan fingerprint density at radius 3 is 3.15 bits per heavy atom. The molecule has 4 heteroatoms. The molecule has 2 unspecified atom stereocenters. The van der Waals surface area contributed by atoms with E-state index < -0.39 is 0 Å². The van der Waals surface area contributed by atoms with Gasteiger partial charge in [-0.25, -0.2) is 0 Å². The molecule has 1 fully saturated rings. The molecule has 3 nitrogen and oxygen atoms in total. The van der Waals surface area contributed by atoms with E-state index in [-0.39, 0.29) is 5.91 Å². The molecule has 3 N–H and O–H groups in total. The summed E-state index contributed by atoms with van der Waals surface area (Å²) in [7, 11) is 0. The summed E-state index contributed by atoms with van der Waals surface area (Å²) in [6.07, 6.45) is 5.96. The van der Waals surface area contributed by atoms with Gasteiger partial charge in [0, 0.05) is 11.4 Å². The van der Waals surface area contributed by atoms with Crippen molar-refractivity contribution < 1.29 is 4.79 Å². The highest BCUT2D eigenvalue weighted by Crippen LogP contribution is 2.26. The fourth-order valence-electron chi connectivity index (χ4n) is 2.72. The summed E-state index contributed by atoms with van der Waals surface area (Å²) < 4.78 is 0. The third-order valence-corrected chi connectivity index (χ3v) is 4.72. The maximum Gasteiger partial charge on any atom is 0.252 e. The summed E-state index contributed by atoms with van der Waals surface area (Å²) in [5, 5.41) is 5.03. The van der Waals surface area contributed by atoms with Crippen LogP contribution in [-0.4, -0.2) is 18.5 Å². The predicted molar refractivity (Wildman–Crippen MR) is 83.8 cm³/mol. The Hall–Kier alpha value is -1.31. The fourth-order valence-corrected chi connectivity index (χ4v) is 3.48. The van der Waals surface area contributed by atoms with Crippen molar-refractivity contribution in [3.8, 4) is 11.8 Å². The quantitative estimate of drug-likeness (QED) is 0.841. The molecule has 20 heavy (non-hydrogen) atoms. The first-order valence-electron chi connectivity index (χ1n) is 7.31. The molecule has 1 aliphatic carbocycles. The van der Waals surface area contributed by atoms with Gasteiger partial charge in [0.2, 0.25) is 0 Å². The van der Waals surface area contributed by atoms with Gasteiger partial charge in [-0.2, -0.15) is 0 Å². The Morgan fingerprint density at radius 2 is 2.40 bits per heavy atom. The minimum absolute atomic E-state index is 0.0313. The van der Waals surface area contributed by atoms with Gasteiger partial charge in [0.05, 0.1) is 17.0 Å². The molecule has 2 atom stereocenters. The molecule has 1 aromatic heterocycles. The summed E-state index contributed by atoms with van der Waals surface area (Å²) in [6, 6.07) is 2.18. The van der Waals surface area contributed by atoms with Crippen LogP contribution in [0.4, 0.5) is 0 Å². The zero-order valence-electron chi connectivity index (χ0n) is 11.9. The zero-order valence-corrected chi connectivity index (χ0v) is 12.8. The fraction of sp³-hybridized carbons (Fsp3) is 0.562. The van der Waals surface area contributed by atoms with Crippen LogP contribution in [-0.2, 0) is 0 Å². The lowest BCUT2D eigenvalue weighted by molar-refractivity contribution is 0.0919. The third kappa shape index (κ3) is 4.09. The number of nitrogens with two attached hydrogens (primary N) is 1. The number of carbonyl (C=O) groups excluding carboxylic acids is 1. The van der Waals surface area contributed by atoms with E-state index in [1.807, 2.05) is 11.4 Å². The molecule has 0 saturated heterocycles. The van der Waals surface area contributed by atoms with Gasteiger partial charge in [-0.05, 0) is 24.8 Å². The first-order chi connectivity index (χ1) is 9.72. The van der Waals surface area contributed by atoms with Gasteiger partial charge >= 0.3 is 0 Å². The normalized spacial score (nSPS) is 21.9. The molecule has 0 spiro atoms. The second-order valence-electron chi connectivity index (χ2n) is 5.32. The molecule has 2 rings (SSSR count). The van der Waals surface area contributed by atoms with Gasteiger partial charge in [-0.3, -0.25) is 4.79 Å². The second kappa shape index (κ2) is 7.47. The maximum atomic E-state index is 12.2. The van der Waals surface area contributed by atoms with Gasteiger partial charge in [0.25, 0.3) is 5.91 Å². The van der Waals surface area contributed by atoms with Crippen LogP contribution < -0.4 is 11.1 Å². The smallest absolute Gasteiger partial charge is 0.252 e. The number of hydrogen-bond donors (Lipinski definition) is 2. The summed E-state index contributed by atoms with van der Waals surface area (Å²) in [5.74, 6) is 6.57. The van der Waals surface area contributed by atoms with Gasteiger partial charge in [0.1, 0.15) is 0 Å². The predicted octanol–water partition coefficient (Wildman–Crippen LogP) is 2.76. The minimum Gasteiger partial charge on any atom is -0.349 e. The van der Waals surface area contributed by atoms with Gasteiger partial charge in [0.15, 0.2) is 0 Å². The summed E-state index contributed by atoms with van der Waals surface area (Å²) in [6.45, 7) is 2.58. The Kier molecular flexibility index (Phi) is 5.63. The monoisotopic (exact) mass is 290 g/mol. The molecule has 1 amide bonds. The van der Waals surface area contributed by atoms with Crippen LogP contribution in [0.5, 0.6) is 0 Å². The number of amides is 1. The average molecular weight is 290 g/mol. The molecule has 0 bridgehead atoms. The number of nitrogens with one attached hydrogen (secondary N) is 1. The van der Waals surface area contributed by atoms with Gasteiger partial charge in [-0.15, -0.1) is 11.3 Å². The molecule has 1 saturated carbocycles. The van der Waals surface area contributed by atoms with Gasteiger partial charge in [-0.1, -0.05) is 38.0 Å². The van der Waals surface area contributed by atoms with E-state index >= 15 is 0 Å². The van der Waals surface area contributed by atoms with Crippen molar-refractivity contribution in [2.45, 2.75) is 45.1 Å². The lowest BCUT2D eigenvalue weighted by Crippen LogP contribution is -2.38. The molecule has 1 heterocycles. The molecule has 1 aromatic rings. The highest BCUT2D eigenvalue weighted by atomic mass is 32.1. The lowest BCUT2D eigenvalue weighted by atomic mass is 9.84. The van der Waals surface area contributed by atoms with E-state index in [4.69, 9.17) is 5.73 Å². The SMILES string of the molecule is CCC1CCCC(NC(=O)c2csc(C#CCN)c2)C1. The molecule has 0 aromatic carbocycles. The summed E-state index contributed by atoms with van der Waals surface area (Å²) >= 11 is 1.49. The van der Waals surface area contributed by atoms with E-state index in [0.29, 0.717) is 12.6 Å². The lowest BCUT2D eigenvalue weighted by Gasteiger charge is -2.28. The summed E-state index contributed by atoms with van der Waals surface area (Å²) in [4.78, 5) is 13.1. The second-order valence-corrected chi connectivity index (χ2v) is 6.23. The number of thiophene rings is 1. The van der Waals surface area contributed by atoms with Crippen molar-refractivity contribution in [2.75, 3.05) is 6.54 Å². The van der Waals surface area contributed by atoms with Crippen LogP contribution in [0.2, 0.25) is 0 Å². The van der Waals surface area contributed by atoms with Crippen LogP contribution in [0.3, 0.4) is 0 Å². The van der Waals surface area contributed by atoms with Crippen LogP contribution in [0.1, 0.15) is 54.3 Å². The molecule has 1 aliphatic rings. The van der Waals surface area contributed by atoms with Crippen LogP contribution in [0.25, 0.3) is 0 Å². The maximum absolute atomic E-state index is 12.2. The summed E-state index contributed by atoms with van der Waals surface area (Å²) in [5.41, 5.74) is 6.06. The largest absolute Gasteiger partial charge is 0.349 e. The van der Waals surface area contributed by atoms with Gasteiger partial charge < -0.3 is 11.1 Å². The number of carbonyl (C=O) groups is 1. The van der Waals surface area contributed by atoms with Crippen molar-refractivity contribution in [3.63, 3.8) is 0 Å². The van der Waals surface area contributed by atoms with E-state index in [0.717, 1.165) is 29.2 Å². The van der Waals surface area contributed by atoms with Crippen molar-refractivity contribution >= 4 is 17.2 Å².